The number of hydrogen-bond donors (Lipinski definition) is 4. The molecule has 6 rings (SSSR count). The number of nitrogens with zero attached hydrogens (tertiary/aromatic N) is 3. The van der Waals surface area contributed by atoms with E-state index in [-0.39, 0.29) is 30.9 Å². The number of halogens is 1. The highest BCUT2D eigenvalue weighted by Crippen LogP contribution is 2.33. The summed E-state index contributed by atoms with van der Waals surface area (Å²) >= 11 is 6.52. The quantitative estimate of drug-likeness (QED) is 0.431. The molecule has 6 atom stereocenters. The van der Waals surface area contributed by atoms with Crippen molar-refractivity contribution in [2.24, 2.45) is 0 Å². The third-order valence-corrected chi connectivity index (χ3v) is 6.70. The average molecular weight is 475 g/mol. The maximum absolute atomic E-state index is 9.89. The fourth-order valence-electron chi connectivity index (χ4n) is 4.65. The van der Waals surface area contributed by atoms with E-state index in [1.165, 1.54) is 0 Å². The van der Waals surface area contributed by atoms with E-state index < -0.39 is 18.3 Å². The number of ether oxygens (including phenoxy) is 3. The molecule has 3 aromatic rings. The number of aliphatic hydroxyl groups is 3. The summed E-state index contributed by atoms with van der Waals surface area (Å²) in [6.07, 6.45) is -3.23. The molecule has 0 aliphatic carbocycles. The van der Waals surface area contributed by atoms with Crippen LogP contribution in [-0.4, -0.2) is 93.2 Å². The topological polar surface area (TPSA) is 133 Å². The van der Waals surface area contributed by atoms with Gasteiger partial charge in [-0.2, -0.15) is 4.98 Å². The molecular formula is C22H23ClN4O6. The van der Waals surface area contributed by atoms with Crippen LogP contribution < -0.4 is 9.64 Å². The minimum atomic E-state index is -0.744. The highest BCUT2D eigenvalue weighted by molar-refractivity contribution is 6.33. The molecule has 11 heteroatoms. The molecule has 33 heavy (non-hydrogen) atoms. The molecule has 10 nitrogen and oxygen atoms in total. The highest BCUT2D eigenvalue weighted by atomic mass is 35.5. The first-order valence-electron chi connectivity index (χ1n) is 10.8. The molecule has 0 bridgehead atoms. The number of aromatic amines is 1. The number of aliphatic hydroxyl groups excluding tert-OH is 3. The minimum Gasteiger partial charge on any atom is -0.456 e. The Hall–Kier alpha value is -2.47. The van der Waals surface area contributed by atoms with E-state index in [0.717, 1.165) is 11.3 Å². The maximum Gasteiger partial charge on any atom is 0.296 e. The molecule has 174 valence electrons. The van der Waals surface area contributed by atoms with Gasteiger partial charge >= 0.3 is 0 Å². The lowest BCUT2D eigenvalue weighted by molar-refractivity contribution is 0.00706. The number of hydrogen-bond acceptors (Lipinski definition) is 9. The zero-order chi connectivity index (χ0) is 22.7. The van der Waals surface area contributed by atoms with E-state index in [1.54, 1.807) is 6.07 Å². The fourth-order valence-corrected chi connectivity index (χ4v) is 4.91. The fraction of sp³-hybridized carbons (Fsp3) is 0.455. The SMILES string of the molecule is O[C@@H]1CO[C@H]2[C@@H]1OC[C@H]2Oc1nc2nc(-c3ccc(N4C[C@@H](O)[C@H](O)C4)cc3)c(Cl)cc2[nH]1. The van der Waals surface area contributed by atoms with Gasteiger partial charge in [0, 0.05) is 24.3 Å². The molecule has 3 fully saturated rings. The first-order chi connectivity index (χ1) is 16.0. The Labute approximate surface area is 193 Å². The van der Waals surface area contributed by atoms with Crippen LogP contribution in [0.3, 0.4) is 0 Å². The normalized spacial score (nSPS) is 31.5. The van der Waals surface area contributed by atoms with Crippen molar-refractivity contribution in [2.75, 3.05) is 31.2 Å². The number of nitrogens with one attached hydrogen (secondary N) is 1. The van der Waals surface area contributed by atoms with Crippen molar-refractivity contribution in [3.63, 3.8) is 0 Å². The summed E-state index contributed by atoms with van der Waals surface area (Å²) < 4.78 is 17.1. The molecular weight excluding hydrogens is 452 g/mol. The molecule has 0 unspecified atom stereocenters. The number of H-pyrrole nitrogens is 1. The van der Waals surface area contributed by atoms with E-state index in [0.29, 0.717) is 41.6 Å². The lowest BCUT2D eigenvalue weighted by Crippen LogP contribution is -2.34. The van der Waals surface area contributed by atoms with Gasteiger partial charge in [0.15, 0.2) is 11.8 Å². The Morgan fingerprint density at radius 3 is 2.45 bits per heavy atom. The Morgan fingerprint density at radius 1 is 0.970 bits per heavy atom. The van der Waals surface area contributed by atoms with E-state index in [1.807, 2.05) is 29.2 Å². The van der Waals surface area contributed by atoms with Crippen molar-refractivity contribution in [1.29, 1.82) is 0 Å². The van der Waals surface area contributed by atoms with Crippen molar-refractivity contribution in [1.82, 2.24) is 15.0 Å². The third-order valence-electron chi connectivity index (χ3n) is 6.41. The van der Waals surface area contributed by atoms with Crippen molar-refractivity contribution in [2.45, 2.75) is 36.6 Å². The zero-order valence-electron chi connectivity index (χ0n) is 17.5. The van der Waals surface area contributed by atoms with Gasteiger partial charge in [-0.05, 0) is 18.2 Å². The lowest BCUT2D eigenvalue weighted by Gasteiger charge is -2.18. The summed E-state index contributed by atoms with van der Waals surface area (Å²) in [5.41, 5.74) is 3.40. The van der Waals surface area contributed by atoms with Gasteiger partial charge in [-0.3, -0.25) is 0 Å². The molecule has 2 aromatic heterocycles. The van der Waals surface area contributed by atoms with Crippen molar-refractivity contribution >= 4 is 28.5 Å². The number of β-amino-alcohol motifs (C(OH)–C–C–N with tert-alkyl or cyclic N) is 2. The second-order valence-corrected chi connectivity index (χ2v) is 9.05. The number of anilines is 1. The van der Waals surface area contributed by atoms with Crippen molar-refractivity contribution in [3.05, 3.63) is 35.4 Å². The van der Waals surface area contributed by atoms with Gasteiger partial charge < -0.3 is 39.4 Å². The number of rotatable bonds is 4. The van der Waals surface area contributed by atoms with Gasteiger partial charge in [0.2, 0.25) is 0 Å². The number of aromatic nitrogens is 3. The highest BCUT2D eigenvalue weighted by Gasteiger charge is 2.48. The number of fused-ring (bicyclic) bond motifs is 2. The van der Waals surface area contributed by atoms with Crippen molar-refractivity contribution in [3.8, 4) is 17.3 Å². The van der Waals surface area contributed by atoms with Crippen LogP contribution in [0.2, 0.25) is 5.02 Å². The molecule has 0 saturated carbocycles. The zero-order valence-corrected chi connectivity index (χ0v) is 18.2. The monoisotopic (exact) mass is 474 g/mol. The Kier molecular flexibility index (Phi) is 5.17. The summed E-state index contributed by atoms with van der Waals surface area (Å²) in [5.74, 6) is 0. The molecule has 4 N–H and O–H groups in total. The summed E-state index contributed by atoms with van der Waals surface area (Å²) in [6, 6.07) is 9.66. The average Bonchev–Trinajstić information content (AvgIpc) is 3.55. The molecule has 0 amide bonds. The lowest BCUT2D eigenvalue weighted by atomic mass is 10.1. The van der Waals surface area contributed by atoms with E-state index in [9.17, 15) is 15.3 Å². The van der Waals surface area contributed by atoms with Crippen LogP contribution >= 0.6 is 11.6 Å². The van der Waals surface area contributed by atoms with Crippen LogP contribution in [0.4, 0.5) is 5.69 Å². The summed E-state index contributed by atoms with van der Waals surface area (Å²) in [6.45, 7) is 1.31. The van der Waals surface area contributed by atoms with Crippen LogP contribution in [0.25, 0.3) is 22.4 Å². The largest absolute Gasteiger partial charge is 0.456 e. The van der Waals surface area contributed by atoms with Gasteiger partial charge in [-0.1, -0.05) is 23.7 Å². The van der Waals surface area contributed by atoms with Crippen LogP contribution in [0, 0.1) is 0 Å². The van der Waals surface area contributed by atoms with Crippen LogP contribution in [0.1, 0.15) is 0 Å². The second kappa shape index (κ2) is 8.08. The molecule has 5 heterocycles. The second-order valence-electron chi connectivity index (χ2n) is 8.64. The minimum absolute atomic E-state index is 0.230. The standard InChI is InChI=1S/C22H23ClN4O6/c23-12-5-13-21(26-22(24-13)33-17-9-32-19-16(30)8-31-20(17)19)25-18(12)10-1-3-11(4-2-10)27-6-14(28)15(29)7-27/h1-5,14-17,19-20,28-30H,6-9H2,(H,24,25,26)/t14-,15-,16-,17-,19-,20-/m1/s1. The van der Waals surface area contributed by atoms with E-state index in [2.05, 4.69) is 15.0 Å². The first kappa shape index (κ1) is 21.1. The number of benzene rings is 1. The summed E-state index contributed by atoms with van der Waals surface area (Å²) in [5, 5.41) is 29.9. The maximum atomic E-state index is 9.89. The van der Waals surface area contributed by atoms with Gasteiger partial charge in [0.25, 0.3) is 6.01 Å². The number of pyridine rings is 1. The summed E-state index contributed by atoms with van der Waals surface area (Å²) in [7, 11) is 0. The Balaban J connectivity index is 1.22. The first-order valence-corrected chi connectivity index (χ1v) is 11.2. The number of imidazole rings is 1. The molecule has 3 aliphatic heterocycles. The molecule has 0 radical (unpaired) electrons. The summed E-state index contributed by atoms with van der Waals surface area (Å²) in [4.78, 5) is 14.1. The predicted octanol–water partition coefficient (Wildman–Crippen LogP) is 0.726. The molecule has 1 aromatic carbocycles. The van der Waals surface area contributed by atoms with Crippen LogP contribution in [0.15, 0.2) is 30.3 Å². The molecule has 3 saturated heterocycles. The Morgan fingerprint density at radius 2 is 1.70 bits per heavy atom. The van der Waals surface area contributed by atoms with Crippen LogP contribution in [0.5, 0.6) is 6.01 Å². The van der Waals surface area contributed by atoms with Gasteiger partial charge in [0.05, 0.1) is 41.7 Å². The van der Waals surface area contributed by atoms with Crippen molar-refractivity contribution < 1.29 is 29.5 Å². The smallest absolute Gasteiger partial charge is 0.296 e. The van der Waals surface area contributed by atoms with Gasteiger partial charge in [-0.25, -0.2) is 4.98 Å². The third kappa shape index (κ3) is 3.72. The van der Waals surface area contributed by atoms with E-state index in [4.69, 9.17) is 25.8 Å². The van der Waals surface area contributed by atoms with E-state index >= 15 is 0 Å². The van der Waals surface area contributed by atoms with Gasteiger partial charge in [0.1, 0.15) is 18.3 Å². The predicted molar refractivity (Wildman–Crippen MR) is 118 cm³/mol. The van der Waals surface area contributed by atoms with Crippen LogP contribution in [-0.2, 0) is 9.47 Å². The molecule has 3 aliphatic rings. The Bertz CT molecular complexity index is 1160. The molecule has 0 spiro atoms. The van der Waals surface area contributed by atoms with Gasteiger partial charge in [-0.15, -0.1) is 0 Å².